The third-order valence-electron chi connectivity index (χ3n) is 2.03. The Balaban J connectivity index is 5.16. The highest BCUT2D eigenvalue weighted by Gasteiger charge is 1.98. The molecule has 0 aliphatic rings. The minimum atomic E-state index is 0.300. The van der Waals surface area contributed by atoms with Crippen LogP contribution >= 0.6 is 11.6 Å². The van der Waals surface area contributed by atoms with Gasteiger partial charge in [0.1, 0.15) is 5.17 Å². The molecule has 0 heterocycles. The summed E-state index contributed by atoms with van der Waals surface area (Å²) in [4.78, 5) is 16.1. The lowest BCUT2D eigenvalue weighted by Gasteiger charge is -2.09. The lowest BCUT2D eigenvalue weighted by Crippen LogP contribution is -2.12. The number of allylic oxidation sites excluding steroid dienone is 5. The summed E-state index contributed by atoms with van der Waals surface area (Å²) in [5.74, 6) is 0. The second kappa shape index (κ2) is 7.63. The van der Waals surface area contributed by atoms with Crippen molar-refractivity contribution in [1.29, 1.82) is 0 Å². The molecular formula is C13H17ClN2O. The van der Waals surface area contributed by atoms with Crippen LogP contribution in [0.25, 0.3) is 0 Å². The Morgan fingerprint density at radius 3 is 2.35 bits per heavy atom. The Morgan fingerprint density at radius 1 is 1.35 bits per heavy atom. The van der Waals surface area contributed by atoms with Crippen LogP contribution in [0.5, 0.6) is 0 Å². The van der Waals surface area contributed by atoms with Gasteiger partial charge in [-0.25, -0.2) is 4.99 Å². The number of amides is 1. The zero-order valence-corrected chi connectivity index (χ0v) is 11.2. The maximum Gasteiger partial charge on any atom is 0.213 e. The van der Waals surface area contributed by atoms with E-state index in [-0.39, 0.29) is 0 Å². The van der Waals surface area contributed by atoms with Crippen LogP contribution in [-0.2, 0) is 4.79 Å². The highest BCUT2D eigenvalue weighted by Crippen LogP contribution is 2.11. The average Bonchev–Trinajstić information content (AvgIpc) is 2.31. The smallest absolute Gasteiger partial charge is 0.213 e. The van der Waals surface area contributed by atoms with Gasteiger partial charge in [0.2, 0.25) is 6.41 Å². The molecule has 0 radical (unpaired) electrons. The molecule has 0 atom stereocenters. The van der Waals surface area contributed by atoms with Crippen molar-refractivity contribution in [2.24, 2.45) is 4.99 Å². The third-order valence-corrected chi connectivity index (χ3v) is 2.27. The Kier molecular flexibility index (Phi) is 6.91. The second-order valence-electron chi connectivity index (χ2n) is 3.50. The Bertz CT molecular complexity index is 406. The first kappa shape index (κ1) is 15.4. The Hall–Kier alpha value is -1.61. The quantitative estimate of drug-likeness (QED) is 0.406. The van der Waals surface area contributed by atoms with E-state index >= 15 is 0 Å². The predicted octanol–water partition coefficient (Wildman–Crippen LogP) is 3.26. The van der Waals surface area contributed by atoms with Crippen molar-refractivity contribution >= 4 is 23.2 Å². The van der Waals surface area contributed by atoms with Crippen molar-refractivity contribution in [3.05, 3.63) is 48.4 Å². The molecule has 4 heteroatoms. The summed E-state index contributed by atoms with van der Waals surface area (Å²) in [7, 11) is 1.67. The first-order valence-electron chi connectivity index (χ1n) is 5.01. The Labute approximate surface area is 107 Å². The number of rotatable bonds is 6. The summed E-state index contributed by atoms with van der Waals surface area (Å²) in [6, 6.07) is 0. The van der Waals surface area contributed by atoms with E-state index in [0.717, 1.165) is 17.7 Å². The molecule has 0 aromatic rings. The summed E-state index contributed by atoms with van der Waals surface area (Å²) in [6.07, 6.45) is 5.71. The zero-order valence-electron chi connectivity index (χ0n) is 10.4. The summed E-state index contributed by atoms with van der Waals surface area (Å²) < 4.78 is 0. The molecule has 0 N–H and O–H groups in total. The van der Waals surface area contributed by atoms with Gasteiger partial charge in [0.25, 0.3) is 0 Å². The largest absolute Gasteiger partial charge is 0.322 e. The monoisotopic (exact) mass is 252 g/mol. The first-order valence-corrected chi connectivity index (χ1v) is 5.39. The van der Waals surface area contributed by atoms with Gasteiger partial charge in [0.05, 0.1) is 5.70 Å². The second-order valence-corrected chi connectivity index (χ2v) is 3.88. The molecule has 0 rings (SSSR count). The van der Waals surface area contributed by atoms with Gasteiger partial charge < -0.3 is 4.90 Å². The fourth-order valence-electron chi connectivity index (χ4n) is 0.836. The molecule has 17 heavy (non-hydrogen) atoms. The van der Waals surface area contributed by atoms with E-state index in [2.05, 4.69) is 18.2 Å². The number of nitrogens with zero attached hydrogens (tertiary/aromatic N) is 2. The number of carbonyl (C=O) groups is 1. The van der Waals surface area contributed by atoms with Gasteiger partial charge in [-0.1, -0.05) is 24.8 Å². The van der Waals surface area contributed by atoms with Crippen LogP contribution in [0.15, 0.2) is 53.3 Å². The van der Waals surface area contributed by atoms with Crippen LogP contribution in [0, 0.1) is 0 Å². The normalized spacial score (nSPS) is 13.3. The van der Waals surface area contributed by atoms with Crippen LogP contribution in [0.2, 0.25) is 0 Å². The maximum atomic E-state index is 10.5. The van der Waals surface area contributed by atoms with Crippen molar-refractivity contribution in [3.63, 3.8) is 0 Å². The van der Waals surface area contributed by atoms with E-state index in [1.165, 1.54) is 11.0 Å². The van der Waals surface area contributed by atoms with Crippen molar-refractivity contribution in [3.8, 4) is 0 Å². The first-order chi connectivity index (χ1) is 7.92. The number of halogens is 1. The minimum absolute atomic E-state index is 0.300. The van der Waals surface area contributed by atoms with Crippen molar-refractivity contribution < 1.29 is 4.79 Å². The van der Waals surface area contributed by atoms with Crippen LogP contribution < -0.4 is 0 Å². The third kappa shape index (κ3) is 5.88. The highest BCUT2D eigenvalue weighted by molar-refractivity contribution is 6.68. The molecule has 0 saturated heterocycles. The summed E-state index contributed by atoms with van der Waals surface area (Å²) >= 11 is 5.77. The molecule has 0 unspecified atom stereocenters. The molecule has 3 nitrogen and oxygen atoms in total. The van der Waals surface area contributed by atoms with Crippen molar-refractivity contribution in [2.45, 2.75) is 13.8 Å². The number of carbonyl (C=O) groups excluding carboxylic acids is 1. The zero-order chi connectivity index (χ0) is 13.4. The standard InChI is InChI=1S/C13H17ClN2O/c1-6-13(14)15-12(10(2)3)8-7-11(4)16(5)9-17/h6-9H,1-2H2,3-5H3/b11-7+,12-8+,15-13+. The predicted molar refractivity (Wildman–Crippen MR) is 74.0 cm³/mol. The van der Waals surface area contributed by atoms with Crippen LogP contribution in [0.1, 0.15) is 13.8 Å². The van der Waals surface area contributed by atoms with Crippen molar-refractivity contribution in [2.75, 3.05) is 7.05 Å². The van der Waals surface area contributed by atoms with E-state index < -0.39 is 0 Å². The molecule has 0 aliphatic carbocycles. The molecule has 1 amide bonds. The lowest BCUT2D eigenvalue weighted by atomic mass is 10.2. The van der Waals surface area contributed by atoms with Gasteiger partial charge in [0.15, 0.2) is 0 Å². The molecule has 0 aromatic carbocycles. The molecular weight excluding hydrogens is 236 g/mol. The molecule has 0 aliphatic heterocycles. The van der Waals surface area contributed by atoms with Gasteiger partial charge in [-0.3, -0.25) is 4.79 Å². The number of aliphatic imine (C=N–C) groups is 1. The van der Waals surface area contributed by atoms with Crippen LogP contribution in [0.4, 0.5) is 0 Å². The average molecular weight is 253 g/mol. The fraction of sp³-hybridized carbons (Fsp3) is 0.231. The summed E-state index contributed by atoms with van der Waals surface area (Å²) in [6.45, 7) is 11.0. The van der Waals surface area contributed by atoms with Crippen molar-refractivity contribution in [1.82, 2.24) is 4.90 Å². The molecule has 0 spiro atoms. The van der Waals surface area contributed by atoms with E-state index in [1.54, 1.807) is 19.2 Å². The molecule has 0 aromatic heterocycles. The lowest BCUT2D eigenvalue weighted by molar-refractivity contribution is -0.115. The van der Waals surface area contributed by atoms with Gasteiger partial charge >= 0.3 is 0 Å². The molecule has 0 fully saturated rings. The van der Waals surface area contributed by atoms with Crippen LogP contribution in [-0.4, -0.2) is 23.5 Å². The fourth-order valence-corrected chi connectivity index (χ4v) is 0.927. The van der Waals surface area contributed by atoms with Gasteiger partial charge in [-0.15, -0.1) is 0 Å². The van der Waals surface area contributed by atoms with E-state index in [1.807, 2.05) is 13.8 Å². The molecule has 0 saturated carbocycles. The number of hydrogen-bond acceptors (Lipinski definition) is 2. The highest BCUT2D eigenvalue weighted by atomic mass is 35.5. The van der Waals surface area contributed by atoms with Crippen LogP contribution in [0.3, 0.4) is 0 Å². The summed E-state index contributed by atoms with van der Waals surface area (Å²) in [5, 5.41) is 0.300. The van der Waals surface area contributed by atoms with E-state index in [9.17, 15) is 4.79 Å². The number of hydrogen-bond donors (Lipinski definition) is 0. The molecule has 92 valence electrons. The van der Waals surface area contributed by atoms with Gasteiger partial charge in [-0.05, 0) is 37.6 Å². The minimum Gasteiger partial charge on any atom is -0.322 e. The Morgan fingerprint density at radius 2 is 1.94 bits per heavy atom. The van der Waals surface area contributed by atoms with E-state index in [4.69, 9.17) is 11.6 Å². The van der Waals surface area contributed by atoms with Gasteiger partial charge in [0, 0.05) is 12.7 Å². The summed E-state index contributed by atoms with van der Waals surface area (Å²) in [5.41, 5.74) is 2.22. The topological polar surface area (TPSA) is 32.7 Å². The van der Waals surface area contributed by atoms with E-state index in [0.29, 0.717) is 10.9 Å². The maximum absolute atomic E-state index is 10.5. The van der Waals surface area contributed by atoms with Gasteiger partial charge in [-0.2, -0.15) is 0 Å². The molecule has 0 bridgehead atoms. The SMILES string of the molecule is C=C\C(Cl)=N/C(=C/C=C(\C)N(C)C=O)C(=C)C.